The smallest absolute Gasteiger partial charge is 0.341 e. The summed E-state index contributed by atoms with van der Waals surface area (Å²) in [5.74, 6) is -1.84. The van der Waals surface area contributed by atoms with E-state index in [9.17, 15) is 14.4 Å². The molecular weight excluding hydrogens is 276 g/mol. The highest BCUT2D eigenvalue weighted by Crippen LogP contribution is 2.28. The fourth-order valence-corrected chi connectivity index (χ4v) is 1.57. The Balaban J connectivity index is 3.40. The van der Waals surface area contributed by atoms with Crippen molar-refractivity contribution in [1.29, 1.82) is 5.26 Å². The van der Waals surface area contributed by atoms with Crippen molar-refractivity contribution in [2.45, 2.75) is 20.8 Å². The number of nitriles is 1. The number of rotatable bonds is 4. The lowest BCUT2D eigenvalue weighted by atomic mass is 10.1. The van der Waals surface area contributed by atoms with Crippen molar-refractivity contribution in [3.8, 4) is 11.8 Å². The van der Waals surface area contributed by atoms with Crippen molar-refractivity contribution in [3.63, 3.8) is 0 Å². The summed E-state index contributed by atoms with van der Waals surface area (Å²) in [4.78, 5) is 34.1. The SMILES string of the molecule is CCOC(=O)c1cc(C#N)c(NC(C)=O)cc1OC(C)=O. The van der Waals surface area contributed by atoms with Crippen LogP contribution in [0.5, 0.6) is 5.75 Å². The van der Waals surface area contributed by atoms with E-state index in [0.717, 1.165) is 0 Å². The van der Waals surface area contributed by atoms with Gasteiger partial charge in [-0.2, -0.15) is 5.26 Å². The fraction of sp³-hybridized carbons (Fsp3) is 0.286. The number of benzene rings is 1. The van der Waals surface area contributed by atoms with E-state index in [0.29, 0.717) is 0 Å². The molecule has 110 valence electrons. The zero-order chi connectivity index (χ0) is 16.0. The Bertz CT molecular complexity index is 631. The first-order valence-electron chi connectivity index (χ1n) is 6.10. The number of carbonyl (C=O) groups excluding carboxylic acids is 3. The summed E-state index contributed by atoms with van der Waals surface area (Å²) in [5.41, 5.74) is 0.149. The fourth-order valence-electron chi connectivity index (χ4n) is 1.57. The molecule has 0 aliphatic heterocycles. The van der Waals surface area contributed by atoms with Crippen molar-refractivity contribution < 1.29 is 23.9 Å². The molecule has 0 unspecified atom stereocenters. The molecule has 0 aliphatic carbocycles. The topological polar surface area (TPSA) is 105 Å². The highest BCUT2D eigenvalue weighted by molar-refractivity contribution is 5.97. The van der Waals surface area contributed by atoms with Gasteiger partial charge in [0.25, 0.3) is 0 Å². The van der Waals surface area contributed by atoms with Gasteiger partial charge in [-0.1, -0.05) is 0 Å². The van der Waals surface area contributed by atoms with Crippen LogP contribution in [0.3, 0.4) is 0 Å². The van der Waals surface area contributed by atoms with Crippen LogP contribution in [0.4, 0.5) is 5.69 Å². The van der Waals surface area contributed by atoms with Gasteiger partial charge in [0, 0.05) is 19.9 Å². The van der Waals surface area contributed by atoms with Gasteiger partial charge in [-0.3, -0.25) is 9.59 Å². The molecule has 0 atom stereocenters. The molecule has 1 amide bonds. The van der Waals surface area contributed by atoms with Crippen LogP contribution in [0.15, 0.2) is 12.1 Å². The molecule has 1 N–H and O–H groups in total. The number of ether oxygens (including phenoxy) is 2. The van der Waals surface area contributed by atoms with Gasteiger partial charge >= 0.3 is 11.9 Å². The third-order valence-corrected chi connectivity index (χ3v) is 2.30. The molecule has 0 aliphatic rings. The number of anilines is 1. The van der Waals surface area contributed by atoms with Crippen LogP contribution in [0.1, 0.15) is 36.7 Å². The number of amides is 1. The van der Waals surface area contributed by atoms with Gasteiger partial charge in [-0.15, -0.1) is 0 Å². The van der Waals surface area contributed by atoms with Crippen molar-refractivity contribution >= 4 is 23.5 Å². The van der Waals surface area contributed by atoms with Crippen LogP contribution in [-0.2, 0) is 14.3 Å². The van der Waals surface area contributed by atoms with E-state index < -0.39 is 17.8 Å². The van der Waals surface area contributed by atoms with Gasteiger partial charge < -0.3 is 14.8 Å². The van der Waals surface area contributed by atoms with Gasteiger partial charge in [0.1, 0.15) is 17.4 Å². The van der Waals surface area contributed by atoms with Crippen molar-refractivity contribution in [1.82, 2.24) is 0 Å². The molecule has 1 aromatic rings. The van der Waals surface area contributed by atoms with E-state index in [1.54, 1.807) is 6.92 Å². The Morgan fingerprint density at radius 1 is 1.29 bits per heavy atom. The van der Waals surface area contributed by atoms with Gasteiger partial charge in [-0.05, 0) is 13.0 Å². The number of esters is 2. The number of hydrogen-bond donors (Lipinski definition) is 1. The molecule has 1 rings (SSSR count). The highest BCUT2D eigenvalue weighted by atomic mass is 16.5. The molecule has 0 bridgehead atoms. The van der Waals surface area contributed by atoms with E-state index >= 15 is 0 Å². The third-order valence-electron chi connectivity index (χ3n) is 2.30. The highest BCUT2D eigenvalue weighted by Gasteiger charge is 2.19. The standard InChI is InChI=1S/C14H14N2O5/c1-4-20-14(19)11-5-10(7-15)12(16-8(2)17)6-13(11)21-9(3)18/h5-6H,4H2,1-3H3,(H,16,17). The summed E-state index contributed by atoms with van der Waals surface area (Å²) in [6.45, 7) is 4.20. The summed E-state index contributed by atoms with van der Waals surface area (Å²) in [7, 11) is 0. The predicted molar refractivity (Wildman–Crippen MR) is 72.7 cm³/mol. The van der Waals surface area contributed by atoms with Crippen molar-refractivity contribution in [2.24, 2.45) is 0 Å². The predicted octanol–water partition coefficient (Wildman–Crippen LogP) is 1.62. The number of nitrogens with one attached hydrogen (secondary N) is 1. The lowest BCUT2D eigenvalue weighted by Gasteiger charge is -2.12. The first-order chi connectivity index (χ1) is 9.88. The molecule has 0 saturated carbocycles. The lowest BCUT2D eigenvalue weighted by molar-refractivity contribution is -0.131. The van der Waals surface area contributed by atoms with E-state index in [4.69, 9.17) is 14.7 Å². The Kier molecular flexibility index (Phi) is 5.43. The maximum absolute atomic E-state index is 11.8. The maximum Gasteiger partial charge on any atom is 0.341 e. The Morgan fingerprint density at radius 3 is 2.43 bits per heavy atom. The first-order valence-corrected chi connectivity index (χ1v) is 6.10. The summed E-state index contributed by atoms with van der Waals surface area (Å²) >= 11 is 0. The summed E-state index contributed by atoms with van der Waals surface area (Å²) < 4.78 is 9.78. The molecule has 21 heavy (non-hydrogen) atoms. The molecule has 0 saturated heterocycles. The normalized spacial score (nSPS) is 9.43. The Labute approximate surface area is 121 Å². The van der Waals surface area contributed by atoms with Crippen LogP contribution in [0, 0.1) is 11.3 Å². The molecule has 7 nitrogen and oxygen atoms in total. The summed E-state index contributed by atoms with van der Waals surface area (Å²) in [6, 6.07) is 4.31. The number of carbonyl (C=O) groups is 3. The van der Waals surface area contributed by atoms with Crippen LogP contribution >= 0.6 is 0 Å². The second kappa shape index (κ2) is 7.05. The minimum absolute atomic E-state index is 0.0577. The Morgan fingerprint density at radius 2 is 1.95 bits per heavy atom. The minimum Gasteiger partial charge on any atom is -0.462 e. The van der Waals surface area contributed by atoms with Crippen LogP contribution < -0.4 is 10.1 Å². The molecular formula is C14H14N2O5. The Hall–Kier alpha value is -2.88. The molecule has 0 fully saturated rings. The van der Waals surface area contributed by atoms with E-state index in [1.807, 2.05) is 6.07 Å². The van der Waals surface area contributed by atoms with Crippen molar-refractivity contribution in [2.75, 3.05) is 11.9 Å². The molecule has 0 spiro atoms. The molecule has 0 aromatic heterocycles. The summed E-state index contributed by atoms with van der Waals surface area (Å²) in [5, 5.41) is 11.5. The van der Waals surface area contributed by atoms with E-state index in [-0.39, 0.29) is 29.2 Å². The molecule has 0 radical (unpaired) electrons. The van der Waals surface area contributed by atoms with Crippen LogP contribution in [0.2, 0.25) is 0 Å². The molecule has 1 aromatic carbocycles. The van der Waals surface area contributed by atoms with Gasteiger partial charge in [0.05, 0.1) is 17.9 Å². The zero-order valence-corrected chi connectivity index (χ0v) is 11.9. The summed E-state index contributed by atoms with van der Waals surface area (Å²) in [6.07, 6.45) is 0. The zero-order valence-electron chi connectivity index (χ0n) is 11.9. The maximum atomic E-state index is 11.8. The average molecular weight is 290 g/mol. The van der Waals surface area contributed by atoms with Crippen LogP contribution in [-0.4, -0.2) is 24.5 Å². The number of nitrogens with zero attached hydrogens (tertiary/aromatic N) is 1. The van der Waals surface area contributed by atoms with E-state index in [2.05, 4.69) is 5.32 Å². The average Bonchev–Trinajstić information content (AvgIpc) is 2.37. The monoisotopic (exact) mass is 290 g/mol. The first kappa shape index (κ1) is 16.2. The van der Waals surface area contributed by atoms with Crippen molar-refractivity contribution in [3.05, 3.63) is 23.3 Å². The minimum atomic E-state index is -0.723. The van der Waals surface area contributed by atoms with Crippen LogP contribution in [0.25, 0.3) is 0 Å². The third kappa shape index (κ3) is 4.31. The van der Waals surface area contributed by atoms with Gasteiger partial charge in [-0.25, -0.2) is 4.79 Å². The lowest BCUT2D eigenvalue weighted by Crippen LogP contribution is -2.13. The largest absolute Gasteiger partial charge is 0.462 e. The van der Waals surface area contributed by atoms with E-state index in [1.165, 1.54) is 26.0 Å². The second-order valence-corrected chi connectivity index (χ2v) is 4.00. The van der Waals surface area contributed by atoms with Gasteiger partial charge in [0.15, 0.2) is 0 Å². The van der Waals surface area contributed by atoms with Gasteiger partial charge in [0.2, 0.25) is 5.91 Å². The number of hydrogen-bond acceptors (Lipinski definition) is 6. The molecule has 7 heteroatoms. The quantitative estimate of drug-likeness (QED) is 0.667. The molecule has 0 heterocycles. The second-order valence-electron chi connectivity index (χ2n) is 4.00.